The molecule has 0 amide bonds. The highest BCUT2D eigenvalue weighted by Gasteiger charge is 2.21. The summed E-state index contributed by atoms with van der Waals surface area (Å²) >= 11 is 0. The Kier molecular flexibility index (Phi) is 2.74. The Morgan fingerprint density at radius 3 is 2.77 bits per heavy atom. The second-order valence-electron chi connectivity index (χ2n) is 2.25. The lowest BCUT2D eigenvalue weighted by molar-refractivity contribution is -0.356. The summed E-state index contributed by atoms with van der Waals surface area (Å²) in [4.78, 5) is 10.5. The van der Waals surface area contributed by atoms with E-state index in [9.17, 15) is 9.18 Å². The fourth-order valence-electron chi connectivity index (χ4n) is 0.975. The highest BCUT2D eigenvalue weighted by Crippen LogP contribution is 2.31. The molecule has 0 radical (unpaired) electrons. The predicted octanol–water partition coefficient (Wildman–Crippen LogP) is 1.72. The fraction of sp³-hybridized carbons (Fsp3) is 0.111. The Hall–Kier alpha value is -1.71. The van der Waals surface area contributed by atoms with Crippen molar-refractivity contribution in [1.29, 1.82) is 0 Å². The largest absolute Gasteiger partial charge is 0.488 e. The molecule has 68 valence electrons. The van der Waals surface area contributed by atoms with Gasteiger partial charge in [-0.15, -0.1) is 0 Å². The minimum atomic E-state index is -0.658. The first-order valence-electron chi connectivity index (χ1n) is 3.48. The van der Waals surface area contributed by atoms with Crippen LogP contribution in [0.4, 0.5) is 4.39 Å². The van der Waals surface area contributed by atoms with Gasteiger partial charge in [-0.1, -0.05) is 0 Å². The Bertz CT molecular complexity index is 347. The first-order valence-corrected chi connectivity index (χ1v) is 3.48. The van der Waals surface area contributed by atoms with Crippen LogP contribution in [0.1, 0.15) is 10.4 Å². The molecule has 0 aromatic heterocycles. The van der Waals surface area contributed by atoms with Crippen molar-refractivity contribution in [3.05, 3.63) is 23.5 Å². The minimum Gasteiger partial charge on any atom is -0.488 e. The maximum atomic E-state index is 13.0. The number of carbonyl (C=O) groups is 1. The molecular formula is C9H8FO3+. The third-order valence-corrected chi connectivity index (χ3v) is 1.59. The molecule has 1 aromatic carbocycles. The van der Waals surface area contributed by atoms with Gasteiger partial charge in [0.1, 0.15) is 5.82 Å². The molecule has 0 saturated carbocycles. The molecule has 0 atom stereocenters. The van der Waals surface area contributed by atoms with Gasteiger partial charge < -0.3 is 4.74 Å². The van der Waals surface area contributed by atoms with E-state index in [-0.39, 0.29) is 17.1 Å². The number of rotatable bonds is 3. The van der Waals surface area contributed by atoms with Gasteiger partial charge in [-0.05, 0) is 12.1 Å². The lowest BCUT2D eigenvalue weighted by Gasteiger charge is -1.98. The van der Waals surface area contributed by atoms with Crippen molar-refractivity contribution in [3.8, 4) is 11.5 Å². The van der Waals surface area contributed by atoms with Crippen molar-refractivity contribution < 1.29 is 18.3 Å². The van der Waals surface area contributed by atoms with Crippen LogP contribution in [0.15, 0.2) is 12.1 Å². The summed E-state index contributed by atoms with van der Waals surface area (Å²) in [5, 5.41) is 0. The van der Waals surface area contributed by atoms with Gasteiger partial charge in [-0.3, -0.25) is 4.79 Å². The molecule has 0 unspecified atom stereocenters. The number of hydrogen-bond acceptors (Lipinski definition) is 2. The summed E-state index contributed by atoms with van der Waals surface area (Å²) < 4.78 is 22.4. The molecule has 0 aliphatic carbocycles. The van der Waals surface area contributed by atoms with Gasteiger partial charge in [-0.2, -0.15) is 0 Å². The normalized spacial score (nSPS) is 9.38. The van der Waals surface area contributed by atoms with E-state index < -0.39 is 5.82 Å². The van der Waals surface area contributed by atoms with Crippen molar-refractivity contribution >= 4 is 13.1 Å². The molecule has 4 heteroatoms. The summed E-state index contributed by atoms with van der Waals surface area (Å²) in [5.74, 6) is -0.370. The summed E-state index contributed by atoms with van der Waals surface area (Å²) in [5.41, 5.74) is -0.186. The maximum absolute atomic E-state index is 13.0. The van der Waals surface area contributed by atoms with Crippen molar-refractivity contribution in [1.82, 2.24) is 0 Å². The zero-order valence-corrected chi connectivity index (χ0v) is 7.04. The molecule has 13 heavy (non-hydrogen) atoms. The SMILES string of the molecule is C=[O+]c1c(OC)ccc(F)c1C=O. The van der Waals surface area contributed by atoms with Gasteiger partial charge >= 0.3 is 5.75 Å². The number of benzene rings is 1. The van der Waals surface area contributed by atoms with E-state index in [1.54, 1.807) is 0 Å². The molecule has 0 aliphatic rings. The van der Waals surface area contributed by atoms with Crippen molar-refractivity contribution in [3.63, 3.8) is 0 Å². The highest BCUT2D eigenvalue weighted by molar-refractivity contribution is 5.81. The zero-order chi connectivity index (χ0) is 9.84. The van der Waals surface area contributed by atoms with E-state index >= 15 is 0 Å². The lowest BCUT2D eigenvalue weighted by Crippen LogP contribution is -1.92. The summed E-state index contributed by atoms with van der Waals surface area (Å²) in [6, 6.07) is 2.49. The van der Waals surface area contributed by atoms with Gasteiger partial charge in [-0.25, -0.2) is 8.82 Å². The van der Waals surface area contributed by atoms with Crippen LogP contribution in [0, 0.1) is 5.82 Å². The quantitative estimate of drug-likeness (QED) is 0.528. The van der Waals surface area contributed by atoms with Crippen LogP contribution in [0.25, 0.3) is 0 Å². The highest BCUT2D eigenvalue weighted by atomic mass is 19.1. The minimum absolute atomic E-state index is 0.0116. The second kappa shape index (κ2) is 3.80. The van der Waals surface area contributed by atoms with Gasteiger partial charge in [0.05, 0.1) is 7.11 Å². The number of ether oxygens (including phenoxy) is 1. The average molecular weight is 183 g/mol. The van der Waals surface area contributed by atoms with Crippen LogP contribution in [-0.2, 0) is 4.42 Å². The van der Waals surface area contributed by atoms with E-state index in [2.05, 4.69) is 11.2 Å². The number of carbonyl (C=O) groups excluding carboxylic acids is 2. The molecule has 0 saturated heterocycles. The fourth-order valence-corrected chi connectivity index (χ4v) is 0.975. The average Bonchev–Trinajstić information content (AvgIpc) is 2.17. The van der Waals surface area contributed by atoms with Crippen molar-refractivity contribution in [2.45, 2.75) is 0 Å². The first-order chi connectivity index (χ1) is 6.24. The van der Waals surface area contributed by atoms with E-state index in [1.807, 2.05) is 0 Å². The van der Waals surface area contributed by atoms with Gasteiger partial charge in [0.2, 0.25) is 5.75 Å². The second-order valence-corrected chi connectivity index (χ2v) is 2.25. The molecular weight excluding hydrogens is 175 g/mol. The molecule has 0 bridgehead atoms. The predicted molar refractivity (Wildman–Crippen MR) is 44.9 cm³/mol. The van der Waals surface area contributed by atoms with Crippen LogP contribution in [-0.4, -0.2) is 20.2 Å². The number of aldehydes is 1. The molecule has 1 rings (SSSR count). The van der Waals surface area contributed by atoms with Gasteiger partial charge in [0.15, 0.2) is 11.8 Å². The number of hydrogen-bond donors (Lipinski definition) is 0. The Labute approximate surface area is 74.4 Å². The Morgan fingerprint density at radius 1 is 1.62 bits per heavy atom. The van der Waals surface area contributed by atoms with Crippen molar-refractivity contribution in [2.24, 2.45) is 0 Å². The Morgan fingerprint density at radius 2 is 2.31 bits per heavy atom. The van der Waals surface area contributed by atoms with E-state index in [1.165, 1.54) is 13.2 Å². The zero-order valence-electron chi connectivity index (χ0n) is 7.04. The number of halogens is 1. The van der Waals surface area contributed by atoms with Crippen LogP contribution < -0.4 is 4.74 Å². The van der Waals surface area contributed by atoms with Crippen LogP contribution in [0.3, 0.4) is 0 Å². The maximum Gasteiger partial charge on any atom is 0.406 e. The molecule has 1 aromatic rings. The topological polar surface area (TPSA) is 37.6 Å². The van der Waals surface area contributed by atoms with Crippen LogP contribution >= 0.6 is 0 Å². The van der Waals surface area contributed by atoms with E-state index in [0.717, 1.165) is 6.07 Å². The molecule has 0 aliphatic heterocycles. The summed E-state index contributed by atoms with van der Waals surface area (Å²) in [6.07, 6.45) is 0.359. The van der Waals surface area contributed by atoms with Crippen LogP contribution in [0.2, 0.25) is 0 Å². The molecule has 0 heterocycles. The smallest absolute Gasteiger partial charge is 0.406 e. The van der Waals surface area contributed by atoms with Crippen LogP contribution in [0.5, 0.6) is 11.5 Å². The summed E-state index contributed by atoms with van der Waals surface area (Å²) in [7, 11) is 1.39. The molecule has 0 fully saturated rings. The molecule has 0 N–H and O–H groups in total. The van der Waals surface area contributed by atoms with E-state index in [4.69, 9.17) is 4.74 Å². The van der Waals surface area contributed by atoms with E-state index in [0.29, 0.717) is 6.29 Å². The third kappa shape index (κ3) is 1.56. The number of methoxy groups -OCH3 is 1. The van der Waals surface area contributed by atoms with Gasteiger partial charge in [0, 0.05) is 0 Å². The molecule has 0 spiro atoms. The first kappa shape index (κ1) is 9.38. The monoisotopic (exact) mass is 183 g/mol. The standard InChI is InChI=1S/C9H8FO3/c1-12-8-4-3-7(10)6(5-11)9(8)13-2/h3-5H,2H2,1H3/q+1. The molecule has 3 nitrogen and oxygen atoms in total. The van der Waals surface area contributed by atoms with Gasteiger partial charge in [0.25, 0.3) is 6.79 Å². The third-order valence-electron chi connectivity index (χ3n) is 1.59. The summed E-state index contributed by atoms with van der Waals surface area (Å²) in [6.45, 7) is 3.11. The Balaban J connectivity index is 3.44. The lowest BCUT2D eigenvalue weighted by atomic mass is 10.2. The van der Waals surface area contributed by atoms with Crippen molar-refractivity contribution in [2.75, 3.05) is 7.11 Å².